The average Bonchev–Trinajstić information content (AvgIpc) is 3.68. The number of carbonyl (C=O) groups excluding carboxylic acids is 2. The molecule has 1 unspecified atom stereocenters. The van der Waals surface area contributed by atoms with Crippen molar-refractivity contribution in [3.8, 4) is 11.1 Å². The molecule has 2 fully saturated rings. The second kappa shape index (κ2) is 18.8. The van der Waals surface area contributed by atoms with E-state index >= 15 is 0 Å². The topological polar surface area (TPSA) is 167 Å². The Bertz CT molecular complexity index is 2380. The predicted molar refractivity (Wildman–Crippen MR) is 236 cm³/mol. The summed E-state index contributed by atoms with van der Waals surface area (Å²) < 4.78 is 7.50. The Morgan fingerprint density at radius 1 is 0.885 bits per heavy atom. The first-order valence-corrected chi connectivity index (χ1v) is 21.5. The van der Waals surface area contributed by atoms with Crippen LogP contribution in [-0.2, 0) is 37.3 Å². The normalized spacial score (nSPS) is 16.4. The van der Waals surface area contributed by atoms with E-state index in [-0.39, 0.29) is 53.8 Å². The van der Waals surface area contributed by atoms with Crippen LogP contribution in [0.4, 0.5) is 10.5 Å². The molecule has 14 nitrogen and oxygen atoms in total. The Kier molecular flexibility index (Phi) is 13.3. The minimum absolute atomic E-state index is 0.0970. The van der Waals surface area contributed by atoms with Gasteiger partial charge in [-0.15, -0.1) is 0 Å². The summed E-state index contributed by atoms with van der Waals surface area (Å²) >= 11 is 0. The van der Waals surface area contributed by atoms with Gasteiger partial charge in [0.15, 0.2) is 5.65 Å². The highest BCUT2D eigenvalue weighted by atomic mass is 16.5. The van der Waals surface area contributed by atoms with Gasteiger partial charge in [-0.2, -0.15) is 5.10 Å². The van der Waals surface area contributed by atoms with E-state index in [9.17, 15) is 19.5 Å². The van der Waals surface area contributed by atoms with Crippen molar-refractivity contribution < 1.29 is 24.2 Å². The van der Waals surface area contributed by atoms with Crippen LogP contribution in [0.15, 0.2) is 66.9 Å². The van der Waals surface area contributed by atoms with Crippen LogP contribution in [0.5, 0.6) is 0 Å². The number of hydrogen-bond acceptors (Lipinski definition) is 9. The van der Waals surface area contributed by atoms with Crippen LogP contribution in [0.25, 0.3) is 22.2 Å². The SMILES string of the molecule is CCc1nc2c(cnn2CC)c(NC2CCOCC2)c1CNC(=O)c1cccc(C(=O)NCc2ccc(C)c(-c3cccc(CN4CCN(C(=O)O)C(C(C)(C)C)C4)c3)c2)n1. The number of benzene rings is 2. The molecule has 0 bridgehead atoms. The van der Waals surface area contributed by atoms with Crippen LogP contribution in [0.3, 0.4) is 0 Å². The smallest absolute Gasteiger partial charge is 0.407 e. The van der Waals surface area contributed by atoms with Gasteiger partial charge in [0.25, 0.3) is 11.8 Å². The molecule has 0 spiro atoms. The van der Waals surface area contributed by atoms with E-state index in [1.807, 2.05) is 23.9 Å². The molecule has 5 heterocycles. The number of pyridine rings is 2. The lowest BCUT2D eigenvalue weighted by Gasteiger charge is -2.46. The van der Waals surface area contributed by atoms with Crippen LogP contribution >= 0.6 is 0 Å². The first-order chi connectivity index (χ1) is 29.3. The summed E-state index contributed by atoms with van der Waals surface area (Å²) in [5.41, 5.74) is 9.00. The van der Waals surface area contributed by atoms with E-state index in [0.29, 0.717) is 45.8 Å². The van der Waals surface area contributed by atoms with Gasteiger partial charge in [0, 0.05) is 76.3 Å². The molecule has 5 aromatic rings. The van der Waals surface area contributed by atoms with Gasteiger partial charge in [0.05, 0.1) is 23.3 Å². The maximum absolute atomic E-state index is 13.6. The van der Waals surface area contributed by atoms with Crippen LogP contribution < -0.4 is 16.0 Å². The minimum atomic E-state index is -0.862. The average molecular weight is 830 g/mol. The van der Waals surface area contributed by atoms with Gasteiger partial charge in [-0.3, -0.25) is 14.5 Å². The van der Waals surface area contributed by atoms with Crippen LogP contribution in [0.2, 0.25) is 0 Å². The lowest BCUT2D eigenvalue weighted by atomic mass is 9.84. The standard InChI is InChI=1S/C47H59N9O5/c1-7-38-36(42(51-34-17-21-61-22-18-34)37-27-50-56(8-2)43(37)53-38)26-49-45(58)40-14-10-13-39(52-40)44(57)48-25-31-16-15-30(3)35(24-31)33-12-9-11-32(23-33)28-54-19-20-55(46(59)60)41(29-54)47(4,5)6/h9-16,23-24,27,34,41H,7-8,17-22,25-26,28-29H2,1-6H3,(H,48,57)(H,49,58)(H,51,53)(H,59,60). The number of nitrogens with one attached hydrogen (secondary N) is 3. The molecule has 1 atom stereocenters. The summed E-state index contributed by atoms with van der Waals surface area (Å²) in [6.07, 6.45) is 3.42. The van der Waals surface area contributed by atoms with Gasteiger partial charge in [-0.25, -0.2) is 19.4 Å². The van der Waals surface area contributed by atoms with Gasteiger partial charge < -0.3 is 30.7 Å². The zero-order valence-electron chi connectivity index (χ0n) is 36.3. The van der Waals surface area contributed by atoms with E-state index in [2.05, 4.69) is 102 Å². The molecule has 7 rings (SSSR count). The maximum Gasteiger partial charge on any atom is 0.407 e. The molecule has 61 heavy (non-hydrogen) atoms. The van der Waals surface area contributed by atoms with Gasteiger partial charge in [-0.05, 0) is 90.6 Å². The van der Waals surface area contributed by atoms with E-state index in [4.69, 9.17) is 9.72 Å². The van der Waals surface area contributed by atoms with Gasteiger partial charge in [-0.1, -0.05) is 64.1 Å². The summed E-state index contributed by atoms with van der Waals surface area (Å²) in [6.45, 7) is 17.6. The summed E-state index contributed by atoms with van der Waals surface area (Å²) in [7, 11) is 0. The van der Waals surface area contributed by atoms with E-state index in [0.717, 1.165) is 75.2 Å². The highest BCUT2D eigenvalue weighted by Crippen LogP contribution is 2.32. The number of fused-ring (bicyclic) bond motifs is 1. The number of aryl methyl sites for hydroxylation is 3. The number of ether oxygens (including phenoxy) is 1. The third-order valence-electron chi connectivity index (χ3n) is 11.9. The highest BCUT2D eigenvalue weighted by Gasteiger charge is 2.38. The van der Waals surface area contributed by atoms with E-state index in [1.54, 1.807) is 23.1 Å². The Hall–Kier alpha value is -5.86. The first-order valence-electron chi connectivity index (χ1n) is 21.5. The molecule has 3 amide bonds. The van der Waals surface area contributed by atoms with Crippen LogP contribution in [0.1, 0.15) is 96.4 Å². The Labute approximate surface area is 358 Å². The highest BCUT2D eigenvalue weighted by molar-refractivity contribution is 5.97. The van der Waals surface area contributed by atoms with Crippen molar-refractivity contribution in [2.24, 2.45) is 5.41 Å². The third kappa shape index (κ3) is 10.0. The molecule has 322 valence electrons. The second-order valence-corrected chi connectivity index (χ2v) is 17.2. The van der Waals surface area contributed by atoms with Crippen molar-refractivity contribution in [2.45, 2.75) is 99.1 Å². The molecule has 0 saturated carbocycles. The van der Waals surface area contributed by atoms with Gasteiger partial charge >= 0.3 is 6.09 Å². The molecule has 0 aliphatic carbocycles. The number of carbonyl (C=O) groups is 3. The fraction of sp³-hybridized carbons (Fsp3) is 0.447. The lowest BCUT2D eigenvalue weighted by molar-refractivity contribution is 0.0190. The monoisotopic (exact) mass is 829 g/mol. The number of rotatable bonds is 13. The van der Waals surface area contributed by atoms with Crippen molar-refractivity contribution in [1.29, 1.82) is 0 Å². The number of anilines is 1. The quantitative estimate of drug-likeness (QED) is 0.0967. The Morgan fingerprint density at radius 3 is 2.30 bits per heavy atom. The van der Waals surface area contributed by atoms with Crippen molar-refractivity contribution in [3.05, 3.63) is 106 Å². The molecule has 3 aromatic heterocycles. The first kappa shape index (κ1) is 43.2. The molecular formula is C47H59N9O5. The maximum atomic E-state index is 13.6. The van der Waals surface area contributed by atoms with Crippen molar-refractivity contribution in [1.82, 2.24) is 40.2 Å². The zero-order chi connectivity index (χ0) is 43.3. The number of amides is 3. The fourth-order valence-corrected chi connectivity index (χ4v) is 8.46. The van der Waals surface area contributed by atoms with Crippen LogP contribution in [-0.4, -0.2) is 97.5 Å². The molecule has 0 radical (unpaired) electrons. The summed E-state index contributed by atoms with van der Waals surface area (Å²) in [5.74, 6) is -0.769. The summed E-state index contributed by atoms with van der Waals surface area (Å²) in [4.78, 5) is 52.4. The van der Waals surface area contributed by atoms with Crippen molar-refractivity contribution in [3.63, 3.8) is 0 Å². The summed E-state index contributed by atoms with van der Waals surface area (Å²) in [6, 6.07) is 19.7. The lowest BCUT2D eigenvalue weighted by Crippen LogP contribution is -2.59. The molecular weight excluding hydrogens is 771 g/mol. The predicted octanol–water partition coefficient (Wildman–Crippen LogP) is 7.05. The molecule has 2 aliphatic rings. The largest absolute Gasteiger partial charge is 0.465 e. The summed E-state index contributed by atoms with van der Waals surface area (Å²) in [5, 5.41) is 25.1. The second-order valence-electron chi connectivity index (χ2n) is 17.2. The Morgan fingerprint density at radius 2 is 1.61 bits per heavy atom. The van der Waals surface area contributed by atoms with Gasteiger partial charge in [0.2, 0.25) is 0 Å². The minimum Gasteiger partial charge on any atom is -0.465 e. The zero-order valence-corrected chi connectivity index (χ0v) is 36.3. The third-order valence-corrected chi connectivity index (χ3v) is 11.9. The molecule has 2 saturated heterocycles. The number of piperazine rings is 1. The molecule has 14 heteroatoms. The number of hydrogen-bond donors (Lipinski definition) is 4. The molecule has 4 N–H and O–H groups in total. The number of aromatic nitrogens is 4. The fourth-order valence-electron chi connectivity index (χ4n) is 8.46. The van der Waals surface area contributed by atoms with E-state index < -0.39 is 6.09 Å². The van der Waals surface area contributed by atoms with Crippen molar-refractivity contribution >= 4 is 34.6 Å². The molecule has 2 aliphatic heterocycles. The Balaban J connectivity index is 1.00. The van der Waals surface area contributed by atoms with E-state index in [1.165, 1.54) is 0 Å². The van der Waals surface area contributed by atoms with Crippen molar-refractivity contribution in [2.75, 3.05) is 38.2 Å². The number of nitrogens with zero attached hydrogens (tertiary/aromatic N) is 6. The molecule has 2 aromatic carbocycles. The number of carboxylic acid groups (broad SMARTS) is 1. The van der Waals surface area contributed by atoms with Crippen LogP contribution in [0, 0.1) is 12.3 Å². The van der Waals surface area contributed by atoms with Gasteiger partial charge in [0.1, 0.15) is 11.4 Å².